The molecule has 0 unspecified atom stereocenters. The number of rotatable bonds is 3. The Kier molecular flexibility index (Phi) is 5.23. The summed E-state index contributed by atoms with van der Waals surface area (Å²) >= 11 is 0. The number of carbonyl (C=O) groups excluding carboxylic acids is 1. The minimum absolute atomic E-state index is 0.00735. The molecule has 25 heavy (non-hydrogen) atoms. The van der Waals surface area contributed by atoms with Gasteiger partial charge in [0, 0.05) is 16.8 Å². The van der Waals surface area contributed by atoms with Crippen LogP contribution in [0.15, 0.2) is 78.9 Å². The maximum absolute atomic E-state index is 13.6. The van der Waals surface area contributed by atoms with Gasteiger partial charge in [-0.05, 0) is 42.0 Å². The van der Waals surface area contributed by atoms with Crippen molar-refractivity contribution in [3.63, 3.8) is 0 Å². The van der Waals surface area contributed by atoms with Crippen molar-refractivity contribution in [3.05, 3.63) is 101 Å². The molecule has 0 heterocycles. The summed E-state index contributed by atoms with van der Waals surface area (Å²) < 4.78 is 13.6. The van der Waals surface area contributed by atoms with E-state index in [4.69, 9.17) is 0 Å². The Morgan fingerprint density at radius 2 is 1.52 bits per heavy atom. The van der Waals surface area contributed by atoms with Crippen LogP contribution in [-0.2, 0) is 11.2 Å². The van der Waals surface area contributed by atoms with E-state index in [0.717, 1.165) is 11.1 Å². The molecule has 0 fully saturated rings. The Morgan fingerprint density at radius 3 is 2.32 bits per heavy atom. The lowest BCUT2D eigenvalue weighted by molar-refractivity contribution is -0.115. The summed E-state index contributed by atoms with van der Waals surface area (Å²) in [6, 6.07) is 23.2. The van der Waals surface area contributed by atoms with E-state index >= 15 is 0 Å². The zero-order valence-electron chi connectivity index (χ0n) is 13.5. The lowest BCUT2D eigenvalue weighted by atomic mass is 10.1. The first-order valence-electron chi connectivity index (χ1n) is 7.91. The van der Waals surface area contributed by atoms with Crippen molar-refractivity contribution in [1.82, 2.24) is 0 Å². The molecule has 3 rings (SSSR count). The molecule has 0 atom stereocenters. The molecule has 0 saturated carbocycles. The number of carbonyl (C=O) groups is 1. The number of anilines is 1. The first kappa shape index (κ1) is 16.5. The second-order valence-electron chi connectivity index (χ2n) is 5.51. The molecule has 3 aromatic carbocycles. The van der Waals surface area contributed by atoms with Crippen LogP contribution in [-0.4, -0.2) is 5.91 Å². The van der Waals surface area contributed by atoms with Gasteiger partial charge in [-0.1, -0.05) is 54.3 Å². The van der Waals surface area contributed by atoms with Crippen molar-refractivity contribution in [3.8, 4) is 11.8 Å². The maximum atomic E-state index is 13.6. The molecule has 0 saturated heterocycles. The van der Waals surface area contributed by atoms with Crippen molar-refractivity contribution >= 4 is 11.6 Å². The van der Waals surface area contributed by atoms with Crippen molar-refractivity contribution < 1.29 is 9.18 Å². The number of benzene rings is 3. The van der Waals surface area contributed by atoms with Gasteiger partial charge in [-0.2, -0.15) is 0 Å². The number of nitrogens with one attached hydrogen (secondary N) is 1. The molecule has 0 aliphatic rings. The topological polar surface area (TPSA) is 29.1 Å². The van der Waals surface area contributed by atoms with E-state index in [9.17, 15) is 9.18 Å². The standard InChI is InChI=1S/C22H16FNO/c23-21-12-5-4-10-19(21)16-22(25)24-20-11-6-9-18(15-20)14-13-17-7-2-1-3-8-17/h1-12,15H,16H2,(H,24,25). The van der Waals surface area contributed by atoms with Crippen molar-refractivity contribution in [2.24, 2.45) is 0 Å². The zero-order chi connectivity index (χ0) is 17.5. The third kappa shape index (κ3) is 4.79. The van der Waals surface area contributed by atoms with Gasteiger partial charge in [-0.15, -0.1) is 0 Å². The van der Waals surface area contributed by atoms with Crippen LogP contribution < -0.4 is 5.32 Å². The summed E-state index contributed by atoms with van der Waals surface area (Å²) in [4.78, 5) is 12.1. The quantitative estimate of drug-likeness (QED) is 0.709. The largest absolute Gasteiger partial charge is 0.326 e. The zero-order valence-corrected chi connectivity index (χ0v) is 13.5. The first-order chi connectivity index (χ1) is 12.2. The summed E-state index contributed by atoms with van der Waals surface area (Å²) in [5.74, 6) is 5.51. The Balaban J connectivity index is 1.69. The molecule has 2 nitrogen and oxygen atoms in total. The highest BCUT2D eigenvalue weighted by molar-refractivity contribution is 5.92. The Labute approximate surface area is 146 Å². The van der Waals surface area contributed by atoms with Crippen LogP contribution in [0.2, 0.25) is 0 Å². The fourth-order valence-corrected chi connectivity index (χ4v) is 2.36. The van der Waals surface area contributed by atoms with Crippen LogP contribution in [0.3, 0.4) is 0 Å². The third-order valence-corrected chi connectivity index (χ3v) is 3.58. The van der Waals surface area contributed by atoms with Gasteiger partial charge in [0.15, 0.2) is 0 Å². The summed E-state index contributed by atoms with van der Waals surface area (Å²) in [5.41, 5.74) is 2.74. The molecular formula is C22H16FNO. The van der Waals surface area contributed by atoms with Gasteiger partial charge in [-0.25, -0.2) is 4.39 Å². The van der Waals surface area contributed by atoms with E-state index < -0.39 is 0 Å². The molecule has 122 valence electrons. The van der Waals surface area contributed by atoms with E-state index in [1.54, 1.807) is 30.3 Å². The number of hydrogen-bond acceptors (Lipinski definition) is 1. The number of halogens is 1. The molecule has 3 heteroatoms. The molecule has 1 amide bonds. The SMILES string of the molecule is O=C(Cc1ccccc1F)Nc1cccc(C#Cc2ccccc2)c1. The maximum Gasteiger partial charge on any atom is 0.228 e. The van der Waals surface area contributed by atoms with Gasteiger partial charge in [0.1, 0.15) is 5.82 Å². The van der Waals surface area contributed by atoms with E-state index in [1.165, 1.54) is 6.07 Å². The molecule has 0 aromatic heterocycles. The van der Waals surface area contributed by atoms with Crippen LogP contribution in [0.4, 0.5) is 10.1 Å². The van der Waals surface area contributed by atoms with Gasteiger partial charge >= 0.3 is 0 Å². The molecule has 0 aliphatic heterocycles. The second-order valence-corrected chi connectivity index (χ2v) is 5.51. The summed E-state index contributed by atoms with van der Waals surface area (Å²) in [5, 5.41) is 2.78. The smallest absolute Gasteiger partial charge is 0.228 e. The lowest BCUT2D eigenvalue weighted by Gasteiger charge is -2.06. The molecule has 0 spiro atoms. The highest BCUT2D eigenvalue weighted by Gasteiger charge is 2.08. The fourth-order valence-electron chi connectivity index (χ4n) is 2.36. The van der Waals surface area contributed by atoms with Crippen molar-refractivity contribution in [2.45, 2.75) is 6.42 Å². The second kappa shape index (κ2) is 7.94. The van der Waals surface area contributed by atoms with E-state index in [-0.39, 0.29) is 18.1 Å². The lowest BCUT2D eigenvalue weighted by Crippen LogP contribution is -2.15. The predicted molar refractivity (Wildman–Crippen MR) is 97.6 cm³/mol. The summed E-state index contributed by atoms with van der Waals surface area (Å²) in [7, 11) is 0. The van der Waals surface area contributed by atoms with E-state index in [0.29, 0.717) is 11.3 Å². The first-order valence-corrected chi connectivity index (χ1v) is 7.91. The number of amides is 1. The highest BCUT2D eigenvalue weighted by Crippen LogP contribution is 2.12. The monoisotopic (exact) mass is 329 g/mol. The van der Waals surface area contributed by atoms with Gasteiger partial charge in [0.25, 0.3) is 0 Å². The van der Waals surface area contributed by atoms with E-state index in [2.05, 4.69) is 17.2 Å². The van der Waals surface area contributed by atoms with Crippen LogP contribution in [0.1, 0.15) is 16.7 Å². The van der Waals surface area contributed by atoms with Crippen molar-refractivity contribution in [1.29, 1.82) is 0 Å². The minimum Gasteiger partial charge on any atom is -0.326 e. The normalized spacial score (nSPS) is 9.80. The minimum atomic E-state index is -0.375. The summed E-state index contributed by atoms with van der Waals surface area (Å²) in [6.45, 7) is 0. The molecule has 3 aromatic rings. The average molecular weight is 329 g/mol. The molecular weight excluding hydrogens is 313 g/mol. The van der Waals surface area contributed by atoms with Gasteiger partial charge in [0.2, 0.25) is 5.91 Å². The Morgan fingerprint density at radius 1 is 0.840 bits per heavy atom. The molecule has 0 aliphatic carbocycles. The average Bonchev–Trinajstić information content (AvgIpc) is 2.63. The molecule has 0 bridgehead atoms. The van der Waals surface area contributed by atoms with Gasteiger partial charge < -0.3 is 5.32 Å². The Hall–Kier alpha value is -3.38. The van der Waals surface area contributed by atoms with Crippen molar-refractivity contribution in [2.75, 3.05) is 5.32 Å². The molecule has 1 N–H and O–H groups in total. The van der Waals surface area contributed by atoms with Gasteiger partial charge in [0.05, 0.1) is 6.42 Å². The summed E-state index contributed by atoms with van der Waals surface area (Å²) in [6.07, 6.45) is -0.00735. The number of hydrogen-bond donors (Lipinski definition) is 1. The third-order valence-electron chi connectivity index (χ3n) is 3.58. The fraction of sp³-hybridized carbons (Fsp3) is 0.0455. The van der Waals surface area contributed by atoms with Gasteiger partial charge in [-0.3, -0.25) is 4.79 Å². The van der Waals surface area contributed by atoms with Crippen LogP contribution >= 0.6 is 0 Å². The molecule has 0 radical (unpaired) electrons. The van der Waals surface area contributed by atoms with Crippen LogP contribution in [0.5, 0.6) is 0 Å². The van der Waals surface area contributed by atoms with Crippen LogP contribution in [0.25, 0.3) is 0 Å². The Bertz CT molecular complexity index is 939. The van der Waals surface area contributed by atoms with E-state index in [1.807, 2.05) is 42.5 Å². The highest BCUT2D eigenvalue weighted by atomic mass is 19.1. The van der Waals surface area contributed by atoms with Crippen LogP contribution in [0, 0.1) is 17.7 Å². The predicted octanol–water partition coefficient (Wildman–Crippen LogP) is 4.41.